The maximum Gasteiger partial charge on any atom is 0.221 e. The first kappa shape index (κ1) is 22.8. The molecule has 4 rings (SSSR count). The van der Waals surface area contributed by atoms with E-state index in [1.165, 1.54) is 0 Å². The molecule has 2 atom stereocenters. The maximum atomic E-state index is 13.5. The van der Waals surface area contributed by atoms with E-state index in [1.54, 1.807) is 11.2 Å². The lowest BCUT2D eigenvalue weighted by atomic mass is 10.0. The molecule has 2 saturated heterocycles. The number of hydrogen-bond acceptors (Lipinski definition) is 4. The number of anilines is 1. The molecule has 0 spiro atoms. The van der Waals surface area contributed by atoms with Gasteiger partial charge in [-0.3, -0.25) is 4.79 Å². The van der Waals surface area contributed by atoms with Crippen molar-refractivity contribution in [2.45, 2.75) is 51.4 Å². The minimum Gasteiger partial charge on any atom is -0.368 e. The predicted molar refractivity (Wildman–Crippen MR) is 128 cm³/mol. The van der Waals surface area contributed by atoms with Crippen LogP contribution in [0.25, 0.3) is 0 Å². The molecule has 0 aromatic heterocycles. The van der Waals surface area contributed by atoms with Crippen LogP contribution in [0.5, 0.6) is 0 Å². The summed E-state index contributed by atoms with van der Waals surface area (Å²) in [5.41, 5.74) is 4.15. The molecule has 0 aliphatic carbocycles. The van der Waals surface area contributed by atoms with Crippen molar-refractivity contribution in [2.75, 3.05) is 31.1 Å². The normalized spacial score (nSPS) is 23.8. The zero-order valence-corrected chi connectivity index (χ0v) is 20.0. The number of piperazine rings is 1. The Morgan fingerprint density at radius 2 is 1.69 bits per heavy atom. The summed E-state index contributed by atoms with van der Waals surface area (Å²) in [6, 6.07) is 15.9. The minimum atomic E-state index is -3.44. The molecule has 0 radical (unpaired) electrons. The molecule has 7 heteroatoms. The molecule has 32 heavy (non-hydrogen) atoms. The summed E-state index contributed by atoms with van der Waals surface area (Å²) in [5.74, 6) is 0.127. The first-order valence-corrected chi connectivity index (χ1v) is 12.9. The average Bonchev–Trinajstić information content (AvgIpc) is 2.78. The summed E-state index contributed by atoms with van der Waals surface area (Å²) in [6.07, 6.45) is 1.52. The molecule has 0 bridgehead atoms. The lowest BCUT2D eigenvalue weighted by Crippen LogP contribution is -2.48. The van der Waals surface area contributed by atoms with E-state index in [0.717, 1.165) is 55.0 Å². The van der Waals surface area contributed by atoms with Gasteiger partial charge in [-0.05, 0) is 55.5 Å². The van der Waals surface area contributed by atoms with Gasteiger partial charge < -0.3 is 9.80 Å². The van der Waals surface area contributed by atoms with Gasteiger partial charge in [0.15, 0.2) is 0 Å². The Kier molecular flexibility index (Phi) is 6.58. The maximum absolute atomic E-state index is 13.5. The van der Waals surface area contributed by atoms with Crippen LogP contribution in [-0.4, -0.2) is 55.8 Å². The van der Waals surface area contributed by atoms with E-state index in [0.29, 0.717) is 13.0 Å². The lowest BCUT2D eigenvalue weighted by Gasteiger charge is -2.38. The first-order chi connectivity index (χ1) is 15.3. The third kappa shape index (κ3) is 4.55. The summed E-state index contributed by atoms with van der Waals surface area (Å²) in [5, 5.41) is -0.475. The van der Waals surface area contributed by atoms with Gasteiger partial charge in [-0.25, -0.2) is 8.42 Å². The molecule has 2 aromatic carbocycles. The van der Waals surface area contributed by atoms with Crippen LogP contribution in [0.3, 0.4) is 0 Å². The van der Waals surface area contributed by atoms with Crippen LogP contribution in [0, 0.1) is 6.92 Å². The van der Waals surface area contributed by atoms with Gasteiger partial charge in [0.05, 0.1) is 0 Å². The van der Waals surface area contributed by atoms with Gasteiger partial charge in [0, 0.05) is 51.4 Å². The van der Waals surface area contributed by atoms with Crippen LogP contribution in [0.2, 0.25) is 0 Å². The Labute approximate surface area is 191 Å². The van der Waals surface area contributed by atoms with E-state index >= 15 is 0 Å². The highest BCUT2D eigenvalue weighted by Gasteiger charge is 2.40. The summed E-state index contributed by atoms with van der Waals surface area (Å²) in [7, 11) is -3.44. The molecule has 2 aliphatic rings. The lowest BCUT2D eigenvalue weighted by molar-refractivity contribution is -0.129. The molecule has 6 nitrogen and oxygen atoms in total. The van der Waals surface area contributed by atoms with Crippen LogP contribution >= 0.6 is 0 Å². The van der Waals surface area contributed by atoms with E-state index in [9.17, 15) is 13.2 Å². The largest absolute Gasteiger partial charge is 0.368 e. The SMILES string of the molecule is CC(=O)N1CCN(c2ccc(CN3[C@@H](C)CCC(c4ccccc4)S3(=O)=O)c(C)c2)CC1. The second kappa shape index (κ2) is 9.24. The number of benzene rings is 2. The zero-order chi connectivity index (χ0) is 22.9. The molecule has 1 amide bonds. The number of carbonyl (C=O) groups excluding carboxylic acids is 1. The van der Waals surface area contributed by atoms with Crippen molar-refractivity contribution >= 4 is 21.6 Å². The molecule has 2 aliphatic heterocycles. The molecule has 1 unspecified atom stereocenters. The van der Waals surface area contributed by atoms with E-state index in [-0.39, 0.29) is 11.9 Å². The molecule has 2 heterocycles. The van der Waals surface area contributed by atoms with Crippen LogP contribution in [0.4, 0.5) is 5.69 Å². The number of hydrogen-bond donors (Lipinski definition) is 0. The molecule has 2 fully saturated rings. The van der Waals surface area contributed by atoms with Crippen molar-refractivity contribution in [3.05, 3.63) is 65.2 Å². The molecular formula is C25H33N3O3S. The van der Waals surface area contributed by atoms with Crippen molar-refractivity contribution in [1.29, 1.82) is 0 Å². The van der Waals surface area contributed by atoms with Crippen molar-refractivity contribution in [3.8, 4) is 0 Å². The van der Waals surface area contributed by atoms with Crippen molar-refractivity contribution in [3.63, 3.8) is 0 Å². The standard InChI is InChI=1S/C25H33N3O3S/c1-19-17-24(27-15-13-26(14-16-27)21(3)29)11-10-23(19)18-28-20(2)9-12-25(32(28,30)31)22-7-5-4-6-8-22/h4-8,10-11,17,20,25H,9,12-16,18H2,1-3H3/t20-,25?/m0/s1. The monoisotopic (exact) mass is 455 g/mol. The number of aryl methyl sites for hydroxylation is 1. The fourth-order valence-corrected chi connectivity index (χ4v) is 7.04. The summed E-state index contributed by atoms with van der Waals surface area (Å²) < 4.78 is 28.7. The number of carbonyl (C=O) groups is 1. The van der Waals surface area contributed by atoms with Crippen molar-refractivity contribution < 1.29 is 13.2 Å². The number of sulfonamides is 1. The van der Waals surface area contributed by atoms with Gasteiger partial charge >= 0.3 is 0 Å². The van der Waals surface area contributed by atoms with Gasteiger partial charge in [-0.2, -0.15) is 4.31 Å². The second-order valence-electron chi connectivity index (χ2n) is 9.02. The molecule has 2 aromatic rings. The van der Waals surface area contributed by atoms with Crippen molar-refractivity contribution in [1.82, 2.24) is 9.21 Å². The quantitative estimate of drug-likeness (QED) is 0.705. The number of rotatable bonds is 4. The van der Waals surface area contributed by atoms with E-state index in [4.69, 9.17) is 0 Å². The highest BCUT2D eigenvalue weighted by Crippen LogP contribution is 2.38. The van der Waals surface area contributed by atoms with Gasteiger partial charge in [-0.1, -0.05) is 36.4 Å². The van der Waals surface area contributed by atoms with Gasteiger partial charge in [0.25, 0.3) is 0 Å². The van der Waals surface area contributed by atoms with Crippen molar-refractivity contribution in [2.24, 2.45) is 0 Å². The third-order valence-corrected chi connectivity index (χ3v) is 9.31. The Hall–Kier alpha value is -2.38. The third-order valence-electron chi connectivity index (χ3n) is 6.94. The predicted octanol–water partition coefficient (Wildman–Crippen LogP) is 3.72. The first-order valence-electron chi connectivity index (χ1n) is 11.4. The number of nitrogens with zero attached hydrogens (tertiary/aromatic N) is 3. The Balaban J connectivity index is 1.51. The minimum absolute atomic E-state index is 0.0151. The van der Waals surface area contributed by atoms with Crippen LogP contribution in [0.15, 0.2) is 48.5 Å². The highest BCUT2D eigenvalue weighted by molar-refractivity contribution is 7.89. The molecular weight excluding hydrogens is 422 g/mol. The highest BCUT2D eigenvalue weighted by atomic mass is 32.2. The van der Waals surface area contributed by atoms with Gasteiger partial charge in [0.2, 0.25) is 15.9 Å². The zero-order valence-electron chi connectivity index (χ0n) is 19.2. The Morgan fingerprint density at radius 1 is 1.00 bits per heavy atom. The fourth-order valence-electron chi connectivity index (χ4n) is 4.85. The fraction of sp³-hybridized carbons (Fsp3) is 0.480. The van der Waals surface area contributed by atoms with Gasteiger partial charge in [-0.15, -0.1) is 0 Å². The second-order valence-corrected chi connectivity index (χ2v) is 11.1. The van der Waals surface area contributed by atoms with Gasteiger partial charge in [0.1, 0.15) is 5.25 Å². The van der Waals surface area contributed by atoms with Crippen LogP contribution in [0.1, 0.15) is 48.6 Å². The molecule has 0 N–H and O–H groups in total. The summed E-state index contributed by atoms with van der Waals surface area (Å²) >= 11 is 0. The van der Waals surface area contributed by atoms with Crippen LogP contribution in [-0.2, 0) is 21.4 Å². The molecule has 172 valence electrons. The Morgan fingerprint density at radius 3 is 2.31 bits per heavy atom. The number of amides is 1. The molecule has 0 saturated carbocycles. The topological polar surface area (TPSA) is 60.9 Å². The average molecular weight is 456 g/mol. The summed E-state index contributed by atoms with van der Waals surface area (Å²) in [4.78, 5) is 15.7. The van der Waals surface area contributed by atoms with E-state index < -0.39 is 15.3 Å². The van der Waals surface area contributed by atoms with E-state index in [1.807, 2.05) is 42.2 Å². The summed E-state index contributed by atoms with van der Waals surface area (Å²) in [6.45, 7) is 9.19. The van der Waals surface area contributed by atoms with Crippen LogP contribution < -0.4 is 4.90 Å². The Bertz CT molecular complexity index is 1060. The van der Waals surface area contributed by atoms with E-state index in [2.05, 4.69) is 30.0 Å². The smallest absolute Gasteiger partial charge is 0.221 e.